The fraction of sp³-hybridized carbons (Fsp3) is 0.417. The van der Waals surface area contributed by atoms with Crippen LogP contribution in [0.4, 0.5) is 4.39 Å². The first-order valence-corrected chi connectivity index (χ1v) is 6.79. The standard InChI is InChI=1S/C12H15FN2OS/c1-9(5-14)7-17(16)8-10-2-3-12(13)11(4-10)6-15/h2-4,9H,5,7-8,14H2,1H3. The molecule has 0 aliphatic heterocycles. The van der Waals surface area contributed by atoms with E-state index in [1.54, 1.807) is 12.1 Å². The van der Waals surface area contributed by atoms with Crippen LogP contribution >= 0.6 is 0 Å². The summed E-state index contributed by atoms with van der Waals surface area (Å²) in [4.78, 5) is 0. The number of nitrogens with zero attached hydrogens (tertiary/aromatic N) is 1. The van der Waals surface area contributed by atoms with Gasteiger partial charge in [0, 0.05) is 22.3 Å². The first-order chi connectivity index (χ1) is 8.06. The lowest BCUT2D eigenvalue weighted by Gasteiger charge is -2.08. The molecule has 0 aliphatic rings. The van der Waals surface area contributed by atoms with Crippen LogP contribution in [0.2, 0.25) is 0 Å². The van der Waals surface area contributed by atoms with Crippen molar-refractivity contribution in [2.24, 2.45) is 11.7 Å². The van der Waals surface area contributed by atoms with Gasteiger partial charge in [0.05, 0.1) is 5.56 Å². The van der Waals surface area contributed by atoms with Gasteiger partial charge < -0.3 is 5.73 Å². The number of halogens is 1. The molecule has 92 valence electrons. The van der Waals surface area contributed by atoms with E-state index in [4.69, 9.17) is 11.0 Å². The summed E-state index contributed by atoms with van der Waals surface area (Å²) in [6, 6.07) is 6.00. The molecule has 1 rings (SSSR count). The summed E-state index contributed by atoms with van der Waals surface area (Å²) in [6.45, 7) is 2.43. The van der Waals surface area contributed by atoms with E-state index in [0.29, 0.717) is 23.6 Å². The van der Waals surface area contributed by atoms with Gasteiger partial charge in [0.15, 0.2) is 0 Å². The molecule has 0 fully saturated rings. The summed E-state index contributed by atoms with van der Waals surface area (Å²) >= 11 is 0. The number of hydrogen-bond donors (Lipinski definition) is 1. The second-order valence-corrected chi connectivity index (χ2v) is 5.52. The fourth-order valence-electron chi connectivity index (χ4n) is 1.38. The summed E-state index contributed by atoms with van der Waals surface area (Å²) < 4.78 is 24.8. The Labute approximate surface area is 103 Å². The highest BCUT2D eigenvalue weighted by atomic mass is 32.2. The quantitative estimate of drug-likeness (QED) is 0.866. The Kier molecular flexibility index (Phi) is 5.26. The molecule has 0 aliphatic carbocycles. The van der Waals surface area contributed by atoms with Crippen LogP contribution in [0, 0.1) is 23.1 Å². The number of hydrogen-bond acceptors (Lipinski definition) is 3. The van der Waals surface area contributed by atoms with E-state index in [9.17, 15) is 8.60 Å². The van der Waals surface area contributed by atoms with Gasteiger partial charge in [-0.15, -0.1) is 0 Å². The summed E-state index contributed by atoms with van der Waals surface area (Å²) in [5, 5.41) is 8.68. The van der Waals surface area contributed by atoms with E-state index < -0.39 is 16.6 Å². The van der Waals surface area contributed by atoms with Gasteiger partial charge in [0.2, 0.25) is 0 Å². The van der Waals surface area contributed by atoms with Gasteiger partial charge in [-0.3, -0.25) is 4.21 Å². The Hall–Kier alpha value is -1.25. The Morgan fingerprint density at radius 1 is 1.59 bits per heavy atom. The second kappa shape index (κ2) is 6.48. The van der Waals surface area contributed by atoms with E-state index in [1.165, 1.54) is 12.1 Å². The van der Waals surface area contributed by atoms with Gasteiger partial charge in [-0.1, -0.05) is 13.0 Å². The van der Waals surface area contributed by atoms with E-state index in [0.717, 1.165) is 0 Å². The highest BCUT2D eigenvalue weighted by Crippen LogP contribution is 2.12. The third-order valence-electron chi connectivity index (χ3n) is 2.35. The zero-order chi connectivity index (χ0) is 12.8. The van der Waals surface area contributed by atoms with Gasteiger partial charge in [-0.2, -0.15) is 5.26 Å². The SMILES string of the molecule is CC(CN)CS(=O)Cc1ccc(F)c(C#N)c1. The number of nitriles is 1. The molecule has 0 bridgehead atoms. The molecule has 3 nitrogen and oxygen atoms in total. The van der Waals surface area contributed by atoms with E-state index in [2.05, 4.69) is 0 Å². The zero-order valence-corrected chi connectivity index (χ0v) is 10.5. The van der Waals surface area contributed by atoms with Crippen molar-refractivity contribution in [2.75, 3.05) is 12.3 Å². The van der Waals surface area contributed by atoms with Crippen LogP contribution in [0.3, 0.4) is 0 Å². The Balaban J connectivity index is 2.69. The molecule has 5 heteroatoms. The van der Waals surface area contributed by atoms with Gasteiger partial charge in [0.25, 0.3) is 0 Å². The van der Waals surface area contributed by atoms with E-state index in [1.807, 2.05) is 6.92 Å². The van der Waals surface area contributed by atoms with Gasteiger partial charge in [0.1, 0.15) is 11.9 Å². The van der Waals surface area contributed by atoms with Crippen LogP contribution < -0.4 is 5.73 Å². The molecule has 0 saturated heterocycles. The third-order valence-corrected chi connectivity index (χ3v) is 3.95. The summed E-state index contributed by atoms with van der Waals surface area (Å²) in [5.41, 5.74) is 6.16. The maximum Gasteiger partial charge on any atom is 0.140 e. The smallest absolute Gasteiger partial charge is 0.140 e. The summed E-state index contributed by atoms with van der Waals surface area (Å²) in [5.74, 6) is 0.513. The average molecular weight is 254 g/mol. The van der Waals surface area contributed by atoms with Gasteiger partial charge >= 0.3 is 0 Å². The maximum absolute atomic E-state index is 13.1. The molecular weight excluding hydrogens is 239 g/mol. The van der Waals surface area contributed by atoms with E-state index in [-0.39, 0.29) is 11.5 Å². The third kappa shape index (κ3) is 4.25. The van der Waals surface area contributed by atoms with E-state index >= 15 is 0 Å². The zero-order valence-electron chi connectivity index (χ0n) is 9.65. The van der Waals surface area contributed by atoms with Crippen LogP contribution in [0.1, 0.15) is 18.1 Å². The minimum absolute atomic E-state index is 0.00799. The van der Waals surface area contributed by atoms with Crippen LogP contribution in [-0.2, 0) is 16.6 Å². The van der Waals surface area contributed by atoms with Crippen molar-refractivity contribution in [2.45, 2.75) is 12.7 Å². The first-order valence-electron chi connectivity index (χ1n) is 5.30. The number of rotatable bonds is 5. The van der Waals surface area contributed by atoms with Gasteiger partial charge in [-0.25, -0.2) is 4.39 Å². The van der Waals surface area contributed by atoms with Crippen LogP contribution in [0.25, 0.3) is 0 Å². The number of nitrogens with two attached hydrogens (primary N) is 1. The van der Waals surface area contributed by atoms with Crippen molar-refractivity contribution in [1.82, 2.24) is 0 Å². The van der Waals surface area contributed by atoms with Gasteiger partial charge in [-0.05, 0) is 30.2 Å². The molecule has 1 aromatic carbocycles. The lowest BCUT2D eigenvalue weighted by Crippen LogP contribution is -2.18. The molecule has 0 heterocycles. The lowest BCUT2D eigenvalue weighted by molar-refractivity contribution is 0.623. The fourth-order valence-corrected chi connectivity index (χ4v) is 2.82. The molecular formula is C12H15FN2OS. The monoisotopic (exact) mass is 254 g/mol. The second-order valence-electron chi connectivity index (χ2n) is 4.02. The van der Waals surface area contributed by atoms with Crippen molar-refractivity contribution in [3.8, 4) is 6.07 Å². The molecule has 0 aromatic heterocycles. The van der Waals surface area contributed by atoms with Crippen molar-refractivity contribution in [3.05, 3.63) is 35.1 Å². The van der Waals surface area contributed by atoms with Crippen LogP contribution in [-0.4, -0.2) is 16.5 Å². The van der Waals surface area contributed by atoms with Crippen molar-refractivity contribution in [3.63, 3.8) is 0 Å². The molecule has 0 radical (unpaired) electrons. The highest BCUT2D eigenvalue weighted by Gasteiger charge is 2.09. The largest absolute Gasteiger partial charge is 0.330 e. The molecule has 0 saturated carbocycles. The molecule has 0 amide bonds. The predicted molar refractivity (Wildman–Crippen MR) is 66.0 cm³/mol. The predicted octanol–water partition coefficient (Wildman–Crippen LogP) is 1.54. The maximum atomic E-state index is 13.1. The normalized spacial score (nSPS) is 14.0. The van der Waals surface area contributed by atoms with Crippen LogP contribution in [0.5, 0.6) is 0 Å². The molecule has 17 heavy (non-hydrogen) atoms. The molecule has 2 unspecified atom stereocenters. The Morgan fingerprint density at radius 3 is 2.88 bits per heavy atom. The minimum atomic E-state index is -1.03. The Morgan fingerprint density at radius 2 is 2.29 bits per heavy atom. The molecule has 2 N–H and O–H groups in total. The van der Waals surface area contributed by atoms with Crippen LogP contribution in [0.15, 0.2) is 18.2 Å². The molecule has 2 atom stereocenters. The minimum Gasteiger partial charge on any atom is -0.330 e. The molecule has 0 spiro atoms. The van der Waals surface area contributed by atoms with Crippen molar-refractivity contribution in [1.29, 1.82) is 5.26 Å². The summed E-state index contributed by atoms with van der Waals surface area (Å²) in [6.07, 6.45) is 0. The highest BCUT2D eigenvalue weighted by molar-refractivity contribution is 7.84. The Bertz CT molecular complexity index is 456. The molecule has 1 aromatic rings. The van der Waals surface area contributed by atoms with Crippen molar-refractivity contribution >= 4 is 10.8 Å². The average Bonchev–Trinajstić information content (AvgIpc) is 2.31. The van der Waals surface area contributed by atoms with Crippen molar-refractivity contribution < 1.29 is 8.60 Å². The summed E-state index contributed by atoms with van der Waals surface area (Å²) in [7, 11) is -1.03. The lowest BCUT2D eigenvalue weighted by atomic mass is 10.1. The first kappa shape index (κ1) is 13.8. The number of benzene rings is 1. The topological polar surface area (TPSA) is 66.9 Å².